The van der Waals surface area contributed by atoms with Crippen LogP contribution in [0.3, 0.4) is 0 Å². The Labute approximate surface area is 134 Å². The van der Waals surface area contributed by atoms with Gasteiger partial charge in [0.25, 0.3) is 5.78 Å². The molecule has 0 spiro atoms. The fraction of sp³-hybridized carbons (Fsp3) is 0.105. The second kappa shape index (κ2) is 5.32. The average Bonchev–Trinajstić information content (AvgIpc) is 3.04. The van der Waals surface area contributed by atoms with E-state index in [2.05, 4.69) is 63.7 Å². The highest BCUT2D eigenvalue weighted by Crippen LogP contribution is 2.24. The molecule has 0 fully saturated rings. The van der Waals surface area contributed by atoms with Gasteiger partial charge in [-0.15, -0.1) is 5.10 Å². The molecule has 2 heterocycles. The van der Waals surface area contributed by atoms with Gasteiger partial charge in [0.1, 0.15) is 0 Å². The maximum Gasteiger partial charge on any atom is 0.254 e. The minimum absolute atomic E-state index is 0.634. The Bertz CT molecular complexity index is 970. The van der Waals surface area contributed by atoms with Crippen LogP contribution in [-0.4, -0.2) is 19.6 Å². The molecule has 0 bridgehead atoms. The van der Waals surface area contributed by atoms with Gasteiger partial charge in [0.05, 0.1) is 11.4 Å². The minimum atomic E-state index is 0.634. The van der Waals surface area contributed by atoms with Crippen LogP contribution in [-0.2, 0) is 0 Å². The van der Waals surface area contributed by atoms with Crippen LogP contribution in [0.5, 0.6) is 0 Å². The molecule has 4 aromatic rings. The van der Waals surface area contributed by atoms with Crippen LogP contribution < -0.4 is 0 Å². The molecule has 4 nitrogen and oxygen atoms in total. The Morgan fingerprint density at radius 1 is 0.739 bits per heavy atom. The van der Waals surface area contributed by atoms with Crippen LogP contribution in [0.25, 0.3) is 28.2 Å². The van der Waals surface area contributed by atoms with E-state index in [-0.39, 0.29) is 0 Å². The summed E-state index contributed by atoms with van der Waals surface area (Å²) in [6.45, 7) is 3.98. The lowest BCUT2D eigenvalue weighted by molar-refractivity contribution is 0.887. The zero-order valence-electron chi connectivity index (χ0n) is 13.1. The van der Waals surface area contributed by atoms with E-state index >= 15 is 0 Å². The van der Waals surface area contributed by atoms with Crippen molar-refractivity contribution < 1.29 is 0 Å². The summed E-state index contributed by atoms with van der Waals surface area (Å²) in [6.07, 6.45) is 2.02. The first kappa shape index (κ1) is 13.6. The van der Waals surface area contributed by atoms with E-state index < -0.39 is 0 Å². The van der Waals surface area contributed by atoms with Crippen molar-refractivity contribution in [2.24, 2.45) is 0 Å². The van der Waals surface area contributed by atoms with Crippen LogP contribution in [0, 0.1) is 13.8 Å². The van der Waals surface area contributed by atoms with Crippen LogP contribution >= 0.6 is 0 Å². The average molecular weight is 300 g/mol. The molecule has 0 aliphatic carbocycles. The maximum absolute atomic E-state index is 4.58. The van der Waals surface area contributed by atoms with Gasteiger partial charge in [0, 0.05) is 17.5 Å². The molecule has 23 heavy (non-hydrogen) atoms. The Morgan fingerprint density at radius 2 is 1.39 bits per heavy atom. The van der Waals surface area contributed by atoms with Crippen molar-refractivity contribution in [1.29, 1.82) is 0 Å². The summed E-state index contributed by atoms with van der Waals surface area (Å²) >= 11 is 0. The Kier molecular flexibility index (Phi) is 3.15. The number of benzene rings is 2. The van der Waals surface area contributed by atoms with Crippen LogP contribution in [0.4, 0.5) is 0 Å². The number of rotatable bonds is 2. The van der Waals surface area contributed by atoms with Crippen LogP contribution in [0.2, 0.25) is 0 Å². The number of nitrogens with zero attached hydrogens (tertiary/aromatic N) is 4. The van der Waals surface area contributed by atoms with Gasteiger partial charge in [-0.1, -0.05) is 54.6 Å². The first-order valence-electron chi connectivity index (χ1n) is 7.57. The second-order valence-corrected chi connectivity index (χ2v) is 5.61. The van der Waals surface area contributed by atoms with Gasteiger partial charge < -0.3 is 0 Å². The van der Waals surface area contributed by atoms with Gasteiger partial charge in [0.15, 0.2) is 0 Å². The highest BCUT2D eigenvalue weighted by molar-refractivity contribution is 5.69. The fourth-order valence-corrected chi connectivity index (χ4v) is 2.66. The molecule has 0 unspecified atom stereocenters. The van der Waals surface area contributed by atoms with E-state index in [0.29, 0.717) is 5.78 Å². The highest BCUT2D eigenvalue weighted by atomic mass is 15.2. The summed E-state index contributed by atoms with van der Waals surface area (Å²) < 4.78 is 1.99. The van der Waals surface area contributed by atoms with E-state index in [1.807, 2.05) is 30.5 Å². The van der Waals surface area contributed by atoms with Crippen molar-refractivity contribution in [2.75, 3.05) is 0 Å². The van der Waals surface area contributed by atoms with Crippen molar-refractivity contribution in [2.45, 2.75) is 13.8 Å². The zero-order chi connectivity index (χ0) is 15.8. The summed E-state index contributed by atoms with van der Waals surface area (Å²) in [5, 5.41) is 8.29. The molecule has 0 N–H and O–H groups in total. The molecule has 0 saturated heterocycles. The zero-order valence-corrected chi connectivity index (χ0v) is 13.1. The molecule has 2 aromatic carbocycles. The number of hydrogen-bond donors (Lipinski definition) is 0. The predicted octanol–water partition coefficient (Wildman–Crippen LogP) is 4.08. The molecule has 112 valence electrons. The molecular formula is C19H16N4. The first-order chi connectivity index (χ1) is 11.2. The fourth-order valence-electron chi connectivity index (χ4n) is 2.66. The predicted molar refractivity (Wildman–Crippen MR) is 91.1 cm³/mol. The van der Waals surface area contributed by atoms with Crippen LogP contribution in [0.15, 0.2) is 60.8 Å². The topological polar surface area (TPSA) is 43.1 Å². The molecule has 4 rings (SSSR count). The molecule has 0 amide bonds. The van der Waals surface area contributed by atoms with Crippen molar-refractivity contribution in [3.63, 3.8) is 0 Å². The normalized spacial score (nSPS) is 11.0. The Morgan fingerprint density at radius 3 is 2.13 bits per heavy atom. The van der Waals surface area contributed by atoms with Crippen LogP contribution in [0.1, 0.15) is 11.4 Å². The van der Waals surface area contributed by atoms with Crippen molar-refractivity contribution >= 4 is 5.78 Å². The molecule has 4 heteroatoms. The number of aryl methyl sites for hydroxylation is 2. The lowest BCUT2D eigenvalue weighted by Crippen LogP contribution is -1.99. The summed E-state index contributed by atoms with van der Waals surface area (Å²) in [6, 6.07) is 18.8. The van der Waals surface area contributed by atoms with Gasteiger partial charge in [-0.3, -0.25) is 4.40 Å². The van der Waals surface area contributed by atoms with E-state index in [1.165, 1.54) is 11.1 Å². The smallest absolute Gasteiger partial charge is 0.254 e. The standard InChI is InChI=1S/C19H16N4/c1-13-14(2)23-12-18(20-19(23)22-21-13)17-10-8-16(9-11-17)15-6-4-3-5-7-15/h3-12H,1-2H3. The monoisotopic (exact) mass is 300 g/mol. The van der Waals surface area contributed by atoms with Gasteiger partial charge in [-0.05, 0) is 25.0 Å². The number of aromatic nitrogens is 4. The molecular weight excluding hydrogens is 284 g/mol. The number of imidazole rings is 1. The van der Waals surface area contributed by atoms with Gasteiger partial charge in [0.2, 0.25) is 0 Å². The molecule has 0 radical (unpaired) electrons. The van der Waals surface area contributed by atoms with E-state index in [1.54, 1.807) is 0 Å². The molecule has 0 atom stereocenters. The highest BCUT2D eigenvalue weighted by Gasteiger charge is 2.09. The van der Waals surface area contributed by atoms with Crippen molar-refractivity contribution in [3.8, 4) is 22.4 Å². The van der Waals surface area contributed by atoms with E-state index in [4.69, 9.17) is 0 Å². The second-order valence-electron chi connectivity index (χ2n) is 5.61. The molecule has 0 saturated carbocycles. The molecule has 0 aliphatic rings. The number of fused-ring (bicyclic) bond motifs is 1. The summed E-state index contributed by atoms with van der Waals surface area (Å²) in [5.74, 6) is 0.634. The van der Waals surface area contributed by atoms with Gasteiger partial charge >= 0.3 is 0 Å². The lowest BCUT2D eigenvalue weighted by Gasteiger charge is -2.02. The molecule has 2 aromatic heterocycles. The Balaban J connectivity index is 1.75. The lowest BCUT2D eigenvalue weighted by atomic mass is 10.0. The summed E-state index contributed by atoms with van der Waals surface area (Å²) in [7, 11) is 0. The van der Waals surface area contributed by atoms with Crippen molar-refractivity contribution in [1.82, 2.24) is 19.6 Å². The third-order valence-electron chi connectivity index (χ3n) is 4.15. The first-order valence-corrected chi connectivity index (χ1v) is 7.57. The summed E-state index contributed by atoms with van der Waals surface area (Å²) in [5.41, 5.74) is 6.38. The quantitative estimate of drug-likeness (QED) is 0.560. The number of hydrogen-bond acceptors (Lipinski definition) is 3. The van der Waals surface area contributed by atoms with Crippen molar-refractivity contribution in [3.05, 3.63) is 72.2 Å². The van der Waals surface area contributed by atoms with E-state index in [9.17, 15) is 0 Å². The van der Waals surface area contributed by atoms with Gasteiger partial charge in [-0.25, -0.2) is 4.98 Å². The Hall–Kier alpha value is -3.01. The third-order valence-corrected chi connectivity index (χ3v) is 4.15. The SMILES string of the molecule is Cc1nnc2nc(-c3ccc(-c4ccccc4)cc3)cn2c1C. The maximum atomic E-state index is 4.58. The third kappa shape index (κ3) is 2.38. The minimum Gasteiger partial charge on any atom is -0.285 e. The summed E-state index contributed by atoms with van der Waals surface area (Å²) in [4.78, 5) is 4.58. The largest absolute Gasteiger partial charge is 0.285 e. The van der Waals surface area contributed by atoms with Gasteiger partial charge in [-0.2, -0.15) is 5.10 Å². The van der Waals surface area contributed by atoms with E-state index in [0.717, 1.165) is 22.6 Å². The molecule has 0 aliphatic heterocycles.